The van der Waals surface area contributed by atoms with Crippen LogP contribution in [0.3, 0.4) is 0 Å². The lowest BCUT2D eigenvalue weighted by atomic mass is 9.98. The molecule has 1 aromatic heterocycles. The highest BCUT2D eigenvalue weighted by Crippen LogP contribution is 2.29. The number of nitrogen functional groups attached to an aromatic ring is 1. The first-order chi connectivity index (χ1) is 15.1. The zero-order chi connectivity index (χ0) is 23.6. The zero-order valence-corrected chi connectivity index (χ0v) is 18.6. The van der Waals surface area contributed by atoms with Crippen LogP contribution in [0.1, 0.15) is 37.9 Å². The van der Waals surface area contributed by atoms with Gasteiger partial charge in [0.25, 0.3) is 0 Å². The minimum Gasteiger partial charge on any atom is -0.383 e. The molecule has 2 atom stereocenters. The molecule has 32 heavy (non-hydrogen) atoms. The number of piperazine rings is 1. The average Bonchev–Trinajstić information content (AvgIpc) is 2.75. The minimum atomic E-state index is -0.820. The number of rotatable bonds is 3. The summed E-state index contributed by atoms with van der Waals surface area (Å²) in [4.78, 5) is 45.8. The number of nitrogens with zero attached hydrogens (tertiary/aromatic N) is 3. The summed E-state index contributed by atoms with van der Waals surface area (Å²) in [5, 5.41) is 2.57. The molecule has 3 amide bonds. The molecule has 1 unspecified atom stereocenters. The van der Waals surface area contributed by atoms with Gasteiger partial charge in [0.2, 0.25) is 5.91 Å². The summed E-state index contributed by atoms with van der Waals surface area (Å²) < 4.78 is 13.5. The molecule has 3 rings (SSSR count). The predicted octanol–water partition coefficient (Wildman–Crippen LogP) is 2.51. The molecule has 1 aliphatic heterocycles. The molecule has 9 heteroatoms. The van der Waals surface area contributed by atoms with E-state index in [2.05, 4.69) is 10.3 Å². The highest BCUT2D eigenvalue weighted by Gasteiger charge is 2.39. The molecule has 0 bridgehead atoms. The minimum absolute atomic E-state index is 0.0374. The van der Waals surface area contributed by atoms with Gasteiger partial charge in [-0.1, -0.05) is 26.0 Å². The first kappa shape index (κ1) is 23.2. The number of hydrogen-bond acceptors (Lipinski definition) is 5. The van der Waals surface area contributed by atoms with Gasteiger partial charge in [0.15, 0.2) is 0 Å². The van der Waals surface area contributed by atoms with Crippen LogP contribution < -0.4 is 11.1 Å². The number of amides is 3. The van der Waals surface area contributed by atoms with Gasteiger partial charge in [-0.2, -0.15) is 0 Å². The van der Waals surface area contributed by atoms with Crippen molar-refractivity contribution in [1.82, 2.24) is 14.8 Å². The fraction of sp³-hybridized carbons (Fsp3) is 0.391. The molecule has 2 aromatic rings. The van der Waals surface area contributed by atoms with Crippen LogP contribution in [0.5, 0.6) is 0 Å². The Balaban J connectivity index is 1.87. The Kier molecular flexibility index (Phi) is 6.76. The van der Waals surface area contributed by atoms with E-state index in [-0.39, 0.29) is 31.0 Å². The van der Waals surface area contributed by atoms with Crippen molar-refractivity contribution < 1.29 is 18.8 Å². The summed E-state index contributed by atoms with van der Waals surface area (Å²) in [6, 6.07) is 6.50. The Morgan fingerprint density at radius 3 is 2.41 bits per heavy atom. The maximum Gasteiger partial charge on any atom is 0.313 e. The second-order valence-electron chi connectivity index (χ2n) is 8.40. The first-order valence-electron chi connectivity index (χ1n) is 10.5. The molecule has 2 heterocycles. The van der Waals surface area contributed by atoms with E-state index in [9.17, 15) is 18.8 Å². The van der Waals surface area contributed by atoms with Gasteiger partial charge in [-0.25, -0.2) is 9.37 Å². The van der Waals surface area contributed by atoms with E-state index in [4.69, 9.17) is 5.73 Å². The van der Waals surface area contributed by atoms with Crippen LogP contribution in [0, 0.1) is 18.7 Å². The van der Waals surface area contributed by atoms with Crippen molar-refractivity contribution in [3.8, 4) is 0 Å². The molecule has 0 spiro atoms. The average molecular weight is 442 g/mol. The number of aryl methyl sites for hydroxylation is 1. The van der Waals surface area contributed by atoms with Gasteiger partial charge >= 0.3 is 11.8 Å². The van der Waals surface area contributed by atoms with Crippen molar-refractivity contribution in [2.45, 2.75) is 39.8 Å². The van der Waals surface area contributed by atoms with Crippen molar-refractivity contribution in [3.05, 3.63) is 53.5 Å². The Bertz CT molecular complexity index is 1020. The zero-order valence-electron chi connectivity index (χ0n) is 18.6. The van der Waals surface area contributed by atoms with Crippen molar-refractivity contribution >= 4 is 29.2 Å². The van der Waals surface area contributed by atoms with Crippen LogP contribution in [-0.2, 0) is 14.4 Å². The van der Waals surface area contributed by atoms with E-state index in [1.54, 1.807) is 30.0 Å². The molecule has 8 nitrogen and oxygen atoms in total. The summed E-state index contributed by atoms with van der Waals surface area (Å²) >= 11 is 0. The number of carbonyl (C=O) groups excluding carboxylic acids is 3. The molecule has 3 N–H and O–H groups in total. The Hall–Kier alpha value is -3.49. The second-order valence-corrected chi connectivity index (χ2v) is 8.40. The van der Waals surface area contributed by atoms with E-state index in [0.717, 1.165) is 0 Å². The fourth-order valence-electron chi connectivity index (χ4n) is 3.78. The third-order valence-corrected chi connectivity index (χ3v) is 5.60. The number of carbonyl (C=O) groups is 3. The lowest BCUT2D eigenvalue weighted by molar-refractivity contribution is -0.152. The highest BCUT2D eigenvalue weighted by molar-refractivity contribution is 6.39. The number of nitrogens with one attached hydrogen (secondary N) is 1. The van der Waals surface area contributed by atoms with Crippen LogP contribution in [0.2, 0.25) is 0 Å². The number of anilines is 2. The summed E-state index contributed by atoms with van der Waals surface area (Å²) in [6.45, 7) is 7.60. The molecule has 1 fully saturated rings. The SMILES string of the molecule is Cc1cc(NC(=O)C(=O)N2C[C@H](C)N(C(=O)C(C)C)CC2c2ccc(F)cc2)cnc1N. The van der Waals surface area contributed by atoms with Gasteiger partial charge in [-0.3, -0.25) is 14.4 Å². The van der Waals surface area contributed by atoms with E-state index in [0.29, 0.717) is 22.6 Å². The van der Waals surface area contributed by atoms with Crippen LogP contribution >= 0.6 is 0 Å². The molecule has 1 aromatic carbocycles. The van der Waals surface area contributed by atoms with Gasteiger partial charge in [-0.15, -0.1) is 0 Å². The van der Waals surface area contributed by atoms with Crippen LogP contribution in [0.4, 0.5) is 15.9 Å². The quantitative estimate of drug-likeness (QED) is 0.712. The van der Waals surface area contributed by atoms with Crippen molar-refractivity contribution in [2.75, 3.05) is 24.1 Å². The van der Waals surface area contributed by atoms with Gasteiger partial charge in [0, 0.05) is 25.0 Å². The third kappa shape index (κ3) is 4.87. The third-order valence-electron chi connectivity index (χ3n) is 5.60. The number of nitrogens with two attached hydrogens (primary N) is 1. The Morgan fingerprint density at radius 2 is 1.81 bits per heavy atom. The number of hydrogen-bond donors (Lipinski definition) is 2. The van der Waals surface area contributed by atoms with E-state index in [1.807, 2.05) is 20.8 Å². The normalized spacial score (nSPS) is 18.6. The standard InChI is InChI=1S/C23H28FN5O3/c1-13(2)22(31)28-12-19(16-5-7-17(24)8-6-16)29(11-15(28)4)23(32)21(30)27-18-9-14(3)20(25)26-10-18/h5-10,13,15,19H,11-12H2,1-4H3,(H2,25,26)(H,27,30)/t15-,19?/m0/s1. The number of aromatic nitrogens is 1. The molecule has 0 saturated carbocycles. The Labute approximate surface area is 186 Å². The smallest absolute Gasteiger partial charge is 0.313 e. The van der Waals surface area contributed by atoms with Gasteiger partial charge in [0.1, 0.15) is 11.6 Å². The van der Waals surface area contributed by atoms with E-state index < -0.39 is 23.7 Å². The summed E-state index contributed by atoms with van der Waals surface area (Å²) in [5.41, 5.74) is 7.38. The van der Waals surface area contributed by atoms with Crippen molar-refractivity contribution in [2.24, 2.45) is 5.92 Å². The molecule has 170 valence electrons. The number of benzene rings is 1. The van der Waals surface area contributed by atoms with Gasteiger partial charge in [-0.05, 0) is 43.2 Å². The lowest BCUT2D eigenvalue weighted by Crippen LogP contribution is -2.59. The largest absolute Gasteiger partial charge is 0.383 e. The van der Waals surface area contributed by atoms with Gasteiger partial charge < -0.3 is 20.9 Å². The molecular weight excluding hydrogens is 413 g/mol. The molecule has 0 radical (unpaired) electrons. The Morgan fingerprint density at radius 1 is 1.16 bits per heavy atom. The van der Waals surface area contributed by atoms with Crippen molar-refractivity contribution in [3.63, 3.8) is 0 Å². The second kappa shape index (κ2) is 9.33. The molecule has 1 saturated heterocycles. The molecular formula is C23H28FN5O3. The van der Waals surface area contributed by atoms with Crippen LogP contribution in [-0.4, -0.2) is 51.6 Å². The first-order valence-corrected chi connectivity index (χ1v) is 10.5. The summed E-state index contributed by atoms with van der Waals surface area (Å²) in [6.07, 6.45) is 1.38. The predicted molar refractivity (Wildman–Crippen MR) is 119 cm³/mol. The number of halogens is 1. The van der Waals surface area contributed by atoms with E-state index in [1.165, 1.54) is 23.2 Å². The van der Waals surface area contributed by atoms with Crippen LogP contribution in [0.25, 0.3) is 0 Å². The fourth-order valence-corrected chi connectivity index (χ4v) is 3.78. The maximum absolute atomic E-state index is 13.5. The monoisotopic (exact) mass is 441 g/mol. The lowest BCUT2D eigenvalue weighted by Gasteiger charge is -2.45. The van der Waals surface area contributed by atoms with Gasteiger partial charge in [0.05, 0.1) is 17.9 Å². The summed E-state index contributed by atoms with van der Waals surface area (Å²) in [5.74, 6) is -1.88. The summed E-state index contributed by atoms with van der Waals surface area (Å²) in [7, 11) is 0. The van der Waals surface area contributed by atoms with E-state index >= 15 is 0 Å². The molecule has 1 aliphatic rings. The van der Waals surface area contributed by atoms with Crippen LogP contribution in [0.15, 0.2) is 36.5 Å². The highest BCUT2D eigenvalue weighted by atomic mass is 19.1. The number of pyridine rings is 1. The molecule has 0 aliphatic carbocycles. The maximum atomic E-state index is 13.5. The topological polar surface area (TPSA) is 109 Å². The van der Waals surface area contributed by atoms with Crippen molar-refractivity contribution in [1.29, 1.82) is 0 Å².